The molecule has 1 aromatic heterocycles. The maximum Gasteiger partial charge on any atom is 0.389 e. The Balaban J connectivity index is 2.39. The molecule has 1 N–H and O–H groups in total. The standard InChI is InChI=1S/C11H16F3N3/c1-2-5-15-6-9-7-16-10(17-8-9)3-4-11(12,13)14/h7-8,15H,2-6H2,1H3. The van der Waals surface area contributed by atoms with Crippen LogP contribution >= 0.6 is 0 Å². The summed E-state index contributed by atoms with van der Waals surface area (Å²) in [5.41, 5.74) is 0.884. The van der Waals surface area contributed by atoms with Gasteiger partial charge in [-0.2, -0.15) is 13.2 Å². The van der Waals surface area contributed by atoms with Gasteiger partial charge in [-0.15, -0.1) is 0 Å². The van der Waals surface area contributed by atoms with E-state index in [2.05, 4.69) is 22.2 Å². The normalized spacial score (nSPS) is 11.8. The van der Waals surface area contributed by atoms with Gasteiger partial charge in [0, 0.05) is 30.9 Å². The first kappa shape index (κ1) is 13.9. The van der Waals surface area contributed by atoms with E-state index < -0.39 is 12.6 Å². The third-order valence-electron chi connectivity index (χ3n) is 2.15. The van der Waals surface area contributed by atoms with Crippen molar-refractivity contribution in [1.82, 2.24) is 15.3 Å². The summed E-state index contributed by atoms with van der Waals surface area (Å²) >= 11 is 0. The molecule has 96 valence electrons. The lowest BCUT2D eigenvalue weighted by Crippen LogP contribution is -2.15. The smallest absolute Gasteiger partial charge is 0.313 e. The highest BCUT2D eigenvalue weighted by atomic mass is 19.4. The Morgan fingerprint density at radius 3 is 2.41 bits per heavy atom. The van der Waals surface area contributed by atoms with Gasteiger partial charge in [0.25, 0.3) is 0 Å². The molecule has 0 saturated heterocycles. The van der Waals surface area contributed by atoms with Crippen molar-refractivity contribution in [3.8, 4) is 0 Å². The Kier molecular flexibility index (Phi) is 5.34. The fourth-order valence-electron chi connectivity index (χ4n) is 1.26. The highest BCUT2D eigenvalue weighted by molar-refractivity contribution is 5.05. The minimum Gasteiger partial charge on any atom is -0.313 e. The Morgan fingerprint density at radius 1 is 1.24 bits per heavy atom. The lowest BCUT2D eigenvalue weighted by molar-refractivity contribution is -0.134. The van der Waals surface area contributed by atoms with Crippen LogP contribution in [0.5, 0.6) is 0 Å². The van der Waals surface area contributed by atoms with Crippen molar-refractivity contribution in [1.29, 1.82) is 0 Å². The van der Waals surface area contributed by atoms with E-state index >= 15 is 0 Å². The maximum atomic E-state index is 12.0. The first-order valence-electron chi connectivity index (χ1n) is 5.58. The van der Waals surface area contributed by atoms with Gasteiger partial charge in [-0.3, -0.25) is 0 Å². The fourth-order valence-corrected chi connectivity index (χ4v) is 1.26. The number of aromatic nitrogens is 2. The third-order valence-corrected chi connectivity index (χ3v) is 2.15. The Morgan fingerprint density at radius 2 is 1.88 bits per heavy atom. The van der Waals surface area contributed by atoms with E-state index in [9.17, 15) is 13.2 Å². The molecule has 3 nitrogen and oxygen atoms in total. The van der Waals surface area contributed by atoms with Crippen LogP contribution < -0.4 is 5.32 Å². The van der Waals surface area contributed by atoms with E-state index in [-0.39, 0.29) is 12.2 Å². The molecule has 0 unspecified atom stereocenters. The second kappa shape index (κ2) is 6.54. The van der Waals surface area contributed by atoms with Crippen LogP contribution in [0.1, 0.15) is 31.2 Å². The molecular formula is C11H16F3N3. The first-order valence-corrected chi connectivity index (χ1v) is 5.58. The summed E-state index contributed by atoms with van der Waals surface area (Å²) < 4.78 is 35.9. The van der Waals surface area contributed by atoms with Crippen molar-refractivity contribution in [2.75, 3.05) is 6.54 Å². The zero-order valence-corrected chi connectivity index (χ0v) is 9.72. The maximum absolute atomic E-state index is 12.0. The molecule has 0 aliphatic heterocycles. The van der Waals surface area contributed by atoms with Crippen molar-refractivity contribution in [2.45, 2.75) is 38.9 Å². The van der Waals surface area contributed by atoms with Gasteiger partial charge in [-0.1, -0.05) is 6.92 Å². The Bertz CT molecular complexity index is 322. The summed E-state index contributed by atoms with van der Waals surface area (Å²) in [4.78, 5) is 7.82. The second-order valence-corrected chi connectivity index (χ2v) is 3.80. The number of alkyl halides is 3. The zero-order chi connectivity index (χ0) is 12.7. The van der Waals surface area contributed by atoms with E-state index in [1.807, 2.05) is 0 Å². The highest BCUT2D eigenvalue weighted by Gasteiger charge is 2.26. The number of rotatable bonds is 6. The minimum absolute atomic E-state index is 0.161. The van der Waals surface area contributed by atoms with E-state index in [1.165, 1.54) is 0 Å². The summed E-state index contributed by atoms with van der Waals surface area (Å²) in [6, 6.07) is 0. The van der Waals surface area contributed by atoms with Crippen molar-refractivity contribution >= 4 is 0 Å². The van der Waals surface area contributed by atoms with E-state index in [4.69, 9.17) is 0 Å². The molecule has 1 heterocycles. The molecule has 0 saturated carbocycles. The zero-order valence-electron chi connectivity index (χ0n) is 9.72. The van der Waals surface area contributed by atoms with E-state index in [0.29, 0.717) is 6.54 Å². The molecule has 0 atom stereocenters. The highest BCUT2D eigenvalue weighted by Crippen LogP contribution is 2.20. The van der Waals surface area contributed by atoms with Crippen molar-refractivity contribution < 1.29 is 13.2 Å². The van der Waals surface area contributed by atoms with Crippen LogP contribution in [-0.2, 0) is 13.0 Å². The van der Waals surface area contributed by atoms with Crippen LogP contribution in [0.2, 0.25) is 0 Å². The summed E-state index contributed by atoms with van der Waals surface area (Å²) in [7, 11) is 0. The van der Waals surface area contributed by atoms with Crippen LogP contribution in [0.25, 0.3) is 0 Å². The van der Waals surface area contributed by atoms with E-state index in [1.54, 1.807) is 12.4 Å². The molecule has 1 rings (SSSR count). The minimum atomic E-state index is -4.15. The van der Waals surface area contributed by atoms with Crippen LogP contribution in [0.15, 0.2) is 12.4 Å². The van der Waals surface area contributed by atoms with Gasteiger partial charge < -0.3 is 5.32 Å². The van der Waals surface area contributed by atoms with Crippen LogP contribution in [0.4, 0.5) is 13.2 Å². The average Bonchev–Trinajstić information content (AvgIpc) is 2.27. The number of aryl methyl sites for hydroxylation is 1. The number of nitrogens with one attached hydrogen (secondary N) is 1. The summed E-state index contributed by atoms with van der Waals surface area (Å²) in [6.45, 7) is 3.60. The second-order valence-electron chi connectivity index (χ2n) is 3.80. The molecule has 0 aliphatic rings. The predicted octanol–water partition coefficient (Wildman–Crippen LogP) is 2.47. The van der Waals surface area contributed by atoms with Gasteiger partial charge in [-0.25, -0.2) is 9.97 Å². The van der Waals surface area contributed by atoms with Gasteiger partial charge in [0.15, 0.2) is 0 Å². The summed E-state index contributed by atoms with van der Waals surface area (Å²) in [5, 5.41) is 3.17. The molecule has 0 aliphatic carbocycles. The largest absolute Gasteiger partial charge is 0.389 e. The summed E-state index contributed by atoms with van der Waals surface area (Å²) in [6.07, 6.45) is -1.01. The average molecular weight is 247 g/mol. The predicted molar refractivity (Wildman–Crippen MR) is 58.4 cm³/mol. The number of nitrogens with zero attached hydrogens (tertiary/aromatic N) is 2. The van der Waals surface area contributed by atoms with Gasteiger partial charge in [0.2, 0.25) is 0 Å². The first-order chi connectivity index (χ1) is 8.01. The van der Waals surface area contributed by atoms with Crippen LogP contribution in [-0.4, -0.2) is 22.7 Å². The van der Waals surface area contributed by atoms with Crippen molar-refractivity contribution in [3.05, 3.63) is 23.8 Å². The topological polar surface area (TPSA) is 37.8 Å². The summed E-state index contributed by atoms with van der Waals surface area (Å²) in [5.74, 6) is 0.238. The fraction of sp³-hybridized carbons (Fsp3) is 0.636. The number of halogens is 3. The van der Waals surface area contributed by atoms with Crippen LogP contribution in [0.3, 0.4) is 0 Å². The van der Waals surface area contributed by atoms with Gasteiger partial charge in [0.05, 0.1) is 6.42 Å². The molecule has 0 radical (unpaired) electrons. The molecule has 0 bridgehead atoms. The monoisotopic (exact) mass is 247 g/mol. The lowest BCUT2D eigenvalue weighted by Gasteiger charge is -2.06. The third kappa shape index (κ3) is 6.21. The lowest BCUT2D eigenvalue weighted by atomic mass is 10.2. The number of hydrogen-bond acceptors (Lipinski definition) is 3. The molecule has 1 aromatic rings. The van der Waals surface area contributed by atoms with Crippen molar-refractivity contribution in [3.63, 3.8) is 0 Å². The number of hydrogen-bond donors (Lipinski definition) is 1. The van der Waals surface area contributed by atoms with Gasteiger partial charge >= 0.3 is 6.18 Å². The molecule has 0 amide bonds. The SMILES string of the molecule is CCCNCc1cnc(CCC(F)(F)F)nc1. The molecule has 0 aromatic carbocycles. The molecule has 17 heavy (non-hydrogen) atoms. The van der Waals surface area contributed by atoms with E-state index in [0.717, 1.165) is 18.5 Å². The van der Waals surface area contributed by atoms with Crippen LogP contribution in [0, 0.1) is 0 Å². The molecular weight excluding hydrogens is 231 g/mol. The molecule has 6 heteroatoms. The molecule has 0 fully saturated rings. The van der Waals surface area contributed by atoms with Gasteiger partial charge in [-0.05, 0) is 13.0 Å². The van der Waals surface area contributed by atoms with Crippen molar-refractivity contribution in [2.24, 2.45) is 0 Å². The molecule has 0 spiro atoms. The van der Waals surface area contributed by atoms with Gasteiger partial charge in [0.1, 0.15) is 5.82 Å². The Hall–Kier alpha value is -1.17. The Labute approximate surface area is 98.5 Å². The quantitative estimate of drug-likeness (QED) is 0.785.